The van der Waals surface area contributed by atoms with E-state index in [1.165, 1.54) is 10.9 Å². The molecule has 126 valence electrons. The maximum absolute atomic E-state index is 10.1. The smallest absolute Gasteiger partial charge is 0.226 e. The van der Waals surface area contributed by atoms with E-state index in [0.717, 1.165) is 0 Å². The summed E-state index contributed by atoms with van der Waals surface area (Å²) in [6.45, 7) is -0.276. The highest BCUT2D eigenvalue weighted by molar-refractivity contribution is 6.28. The Morgan fingerprint density at radius 2 is 2.04 bits per heavy atom. The molecule has 3 rings (SSSR count). The number of nitrogens with zero attached hydrogens (tertiary/aromatic N) is 4. The fourth-order valence-corrected chi connectivity index (χ4v) is 2.65. The number of aliphatic hydroxyl groups excluding tert-OH is 4. The van der Waals surface area contributed by atoms with Crippen molar-refractivity contribution in [1.29, 1.82) is 0 Å². The molecule has 0 saturated carbocycles. The van der Waals surface area contributed by atoms with Gasteiger partial charge in [-0.25, -0.2) is 4.98 Å². The second kappa shape index (κ2) is 6.51. The molecule has 0 aromatic carbocycles. The summed E-state index contributed by atoms with van der Waals surface area (Å²) in [5.41, 5.74) is 0.667. The summed E-state index contributed by atoms with van der Waals surface area (Å²) in [5, 5.41) is 40.8. The van der Waals surface area contributed by atoms with Gasteiger partial charge >= 0.3 is 0 Å². The number of imidazole rings is 1. The van der Waals surface area contributed by atoms with E-state index in [1.807, 2.05) is 0 Å². The number of anilines is 1. The molecule has 23 heavy (non-hydrogen) atoms. The highest BCUT2D eigenvalue weighted by atomic mass is 35.5. The van der Waals surface area contributed by atoms with Gasteiger partial charge in [-0.05, 0) is 11.6 Å². The molecule has 3 heterocycles. The van der Waals surface area contributed by atoms with E-state index in [9.17, 15) is 10.2 Å². The Labute approximate surface area is 135 Å². The first-order valence-corrected chi connectivity index (χ1v) is 7.32. The number of fused-ring (bicyclic) bond motifs is 1. The van der Waals surface area contributed by atoms with Gasteiger partial charge in [0.15, 0.2) is 23.2 Å². The normalized spacial score (nSPS) is 27.7. The first-order chi connectivity index (χ1) is 11.1. The second-order valence-corrected chi connectivity index (χ2v) is 5.38. The number of ether oxygens (including phenoxy) is 1. The zero-order chi connectivity index (χ0) is 16.6. The summed E-state index contributed by atoms with van der Waals surface area (Å²) in [4.78, 5) is 12.3. The van der Waals surface area contributed by atoms with E-state index >= 15 is 0 Å². The third kappa shape index (κ3) is 2.84. The molecule has 1 saturated heterocycles. The van der Waals surface area contributed by atoms with Crippen LogP contribution in [0.25, 0.3) is 11.2 Å². The van der Waals surface area contributed by atoms with Crippen LogP contribution >= 0.6 is 11.6 Å². The van der Waals surface area contributed by atoms with Crippen LogP contribution in [0.1, 0.15) is 6.23 Å². The Balaban J connectivity index is 2.01. The lowest BCUT2D eigenvalue weighted by molar-refractivity contribution is -0.0511. The van der Waals surface area contributed by atoms with E-state index in [1.54, 1.807) is 0 Å². The summed E-state index contributed by atoms with van der Waals surface area (Å²) in [7, 11) is 0. The molecule has 11 heteroatoms. The van der Waals surface area contributed by atoms with Crippen molar-refractivity contribution in [2.45, 2.75) is 24.5 Å². The SMILES string of the molecule is OCCNc1nc(Cl)nc2c1ncn2[C@@H]1O[C@H](CO)[C@H](O)C1O. The minimum atomic E-state index is -1.26. The minimum absolute atomic E-state index is 0.0496. The summed E-state index contributed by atoms with van der Waals surface area (Å²) in [6, 6.07) is 0. The average Bonchev–Trinajstić information content (AvgIpc) is 3.07. The maximum atomic E-state index is 10.1. The van der Waals surface area contributed by atoms with E-state index in [2.05, 4.69) is 20.3 Å². The van der Waals surface area contributed by atoms with Crippen LogP contribution in [0.5, 0.6) is 0 Å². The Bertz CT molecular complexity index is 698. The van der Waals surface area contributed by atoms with E-state index in [0.29, 0.717) is 17.0 Å². The number of nitrogens with one attached hydrogen (secondary N) is 1. The summed E-state index contributed by atoms with van der Waals surface area (Å²) in [6.07, 6.45) is -2.99. The lowest BCUT2D eigenvalue weighted by Crippen LogP contribution is -2.33. The monoisotopic (exact) mass is 345 g/mol. The standard InChI is InChI=1S/C12H16ClN5O5/c13-12-16-9(14-1-2-19)6-10(17-12)18(4-15-6)11-8(22)7(21)5(3-20)23-11/h4-5,7-8,11,19-22H,1-3H2,(H,14,16,17)/t5-,7+,8?,11-/m1/s1. The van der Waals surface area contributed by atoms with Crippen molar-refractivity contribution < 1.29 is 25.2 Å². The zero-order valence-electron chi connectivity index (χ0n) is 11.9. The zero-order valence-corrected chi connectivity index (χ0v) is 12.6. The van der Waals surface area contributed by atoms with Crippen LogP contribution in [0.3, 0.4) is 0 Å². The molecule has 2 aromatic heterocycles. The molecule has 1 aliphatic heterocycles. The van der Waals surface area contributed by atoms with Crippen molar-refractivity contribution in [2.24, 2.45) is 0 Å². The van der Waals surface area contributed by atoms with E-state index < -0.39 is 31.1 Å². The van der Waals surface area contributed by atoms with Crippen molar-refractivity contribution in [2.75, 3.05) is 25.1 Å². The molecule has 1 aliphatic rings. The van der Waals surface area contributed by atoms with Crippen LogP contribution in [0.15, 0.2) is 6.33 Å². The van der Waals surface area contributed by atoms with Gasteiger partial charge in [-0.2, -0.15) is 9.97 Å². The minimum Gasteiger partial charge on any atom is -0.395 e. The lowest BCUT2D eigenvalue weighted by atomic mass is 10.1. The number of aromatic nitrogens is 4. The van der Waals surface area contributed by atoms with Gasteiger partial charge in [0.25, 0.3) is 0 Å². The highest BCUT2D eigenvalue weighted by Gasteiger charge is 2.44. The van der Waals surface area contributed by atoms with Crippen LogP contribution in [-0.2, 0) is 4.74 Å². The van der Waals surface area contributed by atoms with Gasteiger partial charge in [-0.15, -0.1) is 0 Å². The summed E-state index contributed by atoms with van der Waals surface area (Å²) in [5.74, 6) is 0.333. The van der Waals surface area contributed by atoms with Crippen LogP contribution < -0.4 is 5.32 Å². The topological polar surface area (TPSA) is 146 Å². The number of aliphatic hydroxyl groups is 4. The molecule has 1 unspecified atom stereocenters. The van der Waals surface area contributed by atoms with E-state index in [4.69, 9.17) is 26.6 Å². The van der Waals surface area contributed by atoms with Crippen LogP contribution in [-0.4, -0.2) is 78.0 Å². The van der Waals surface area contributed by atoms with Gasteiger partial charge < -0.3 is 30.5 Å². The molecular formula is C12H16ClN5O5. The molecule has 0 aliphatic carbocycles. The number of halogens is 1. The quantitative estimate of drug-likeness (QED) is 0.408. The molecule has 1 fully saturated rings. The van der Waals surface area contributed by atoms with Gasteiger partial charge in [0, 0.05) is 6.54 Å². The van der Waals surface area contributed by atoms with Crippen LogP contribution in [0.2, 0.25) is 5.28 Å². The predicted molar refractivity (Wildman–Crippen MR) is 78.9 cm³/mol. The van der Waals surface area contributed by atoms with Gasteiger partial charge in [-0.1, -0.05) is 0 Å². The highest BCUT2D eigenvalue weighted by Crippen LogP contribution is 2.32. The number of hydrogen-bond donors (Lipinski definition) is 5. The van der Waals surface area contributed by atoms with Crippen molar-refractivity contribution in [3.05, 3.63) is 11.6 Å². The summed E-state index contributed by atoms with van der Waals surface area (Å²) < 4.78 is 6.87. The first-order valence-electron chi connectivity index (χ1n) is 6.94. The Morgan fingerprint density at radius 1 is 1.26 bits per heavy atom. The Hall–Kier alpha value is -1.56. The number of rotatable bonds is 5. The largest absolute Gasteiger partial charge is 0.395 e. The van der Waals surface area contributed by atoms with Crippen molar-refractivity contribution in [3.8, 4) is 0 Å². The Morgan fingerprint density at radius 3 is 2.70 bits per heavy atom. The molecule has 0 radical (unpaired) electrons. The molecule has 0 amide bonds. The first kappa shape index (κ1) is 16.3. The fraction of sp³-hybridized carbons (Fsp3) is 0.583. The molecule has 0 spiro atoms. The van der Waals surface area contributed by atoms with Gasteiger partial charge in [0.05, 0.1) is 19.5 Å². The van der Waals surface area contributed by atoms with E-state index in [-0.39, 0.29) is 18.4 Å². The maximum Gasteiger partial charge on any atom is 0.226 e. The van der Waals surface area contributed by atoms with Gasteiger partial charge in [0.2, 0.25) is 5.28 Å². The molecule has 0 bridgehead atoms. The number of hydrogen-bond acceptors (Lipinski definition) is 9. The average molecular weight is 346 g/mol. The summed E-state index contributed by atoms with van der Waals surface area (Å²) >= 11 is 5.90. The lowest BCUT2D eigenvalue weighted by Gasteiger charge is -2.16. The predicted octanol–water partition coefficient (Wildman–Crippen LogP) is -1.50. The molecule has 4 atom stereocenters. The molecular weight excluding hydrogens is 330 g/mol. The van der Waals surface area contributed by atoms with Crippen molar-refractivity contribution in [3.63, 3.8) is 0 Å². The molecule has 10 nitrogen and oxygen atoms in total. The molecule has 2 aromatic rings. The van der Waals surface area contributed by atoms with Crippen LogP contribution in [0.4, 0.5) is 5.82 Å². The van der Waals surface area contributed by atoms with Gasteiger partial charge in [0.1, 0.15) is 18.3 Å². The van der Waals surface area contributed by atoms with Crippen LogP contribution in [0, 0.1) is 0 Å². The van der Waals surface area contributed by atoms with Crippen molar-refractivity contribution >= 4 is 28.6 Å². The second-order valence-electron chi connectivity index (χ2n) is 5.04. The third-order valence-corrected chi connectivity index (χ3v) is 3.76. The third-order valence-electron chi connectivity index (χ3n) is 3.59. The molecule has 5 N–H and O–H groups in total. The van der Waals surface area contributed by atoms with Gasteiger partial charge in [-0.3, -0.25) is 4.57 Å². The Kier molecular flexibility index (Phi) is 4.62. The van der Waals surface area contributed by atoms with Crippen molar-refractivity contribution in [1.82, 2.24) is 19.5 Å². The fourth-order valence-electron chi connectivity index (χ4n) is 2.48.